The van der Waals surface area contributed by atoms with Crippen molar-refractivity contribution in [1.82, 2.24) is 31.5 Å². The van der Waals surface area contributed by atoms with Gasteiger partial charge in [0.25, 0.3) is 0 Å². The number of amides is 6. The summed E-state index contributed by atoms with van der Waals surface area (Å²) in [6.45, 7) is 16.4. The second-order valence-electron chi connectivity index (χ2n) is 18.6. The van der Waals surface area contributed by atoms with Gasteiger partial charge in [-0.05, 0) is 88.7 Å². The smallest absolute Gasteiger partial charge is 0.408 e. The van der Waals surface area contributed by atoms with Gasteiger partial charge in [0.2, 0.25) is 23.6 Å². The van der Waals surface area contributed by atoms with E-state index in [0.717, 1.165) is 17.5 Å². The highest BCUT2D eigenvalue weighted by molar-refractivity contribution is 8.14. The lowest BCUT2D eigenvalue weighted by Gasteiger charge is -2.30. The van der Waals surface area contributed by atoms with Gasteiger partial charge in [0.05, 0.1) is 12.0 Å². The summed E-state index contributed by atoms with van der Waals surface area (Å²) in [5.41, 5.74) is 1.11. The Morgan fingerprint density at radius 3 is 2.17 bits per heavy atom. The van der Waals surface area contributed by atoms with Crippen molar-refractivity contribution in [1.29, 1.82) is 0 Å². The Balaban J connectivity index is 1.46. The van der Waals surface area contributed by atoms with Gasteiger partial charge in [-0.15, -0.1) is 0 Å². The van der Waals surface area contributed by atoms with E-state index in [1.807, 2.05) is 72.8 Å². The fourth-order valence-corrected chi connectivity index (χ4v) is 8.45. The molecule has 6 atom stereocenters. The predicted molar refractivity (Wildman–Crippen MR) is 255 cm³/mol. The molecule has 0 aliphatic carbocycles. The molecule has 2 aliphatic heterocycles. The number of carbonyl (C=O) groups excluding carboxylic acids is 6. The minimum Gasteiger partial charge on any atom is -0.445 e. The highest BCUT2D eigenvalue weighted by Gasteiger charge is 2.39. The van der Waals surface area contributed by atoms with E-state index < -0.39 is 65.6 Å². The summed E-state index contributed by atoms with van der Waals surface area (Å²) in [6.07, 6.45) is 5.90. The highest BCUT2D eigenvalue weighted by atomic mass is 32.2. The Morgan fingerprint density at radius 2 is 1.54 bits per heavy atom. The van der Waals surface area contributed by atoms with Crippen LogP contribution in [0.4, 0.5) is 9.59 Å². The molecule has 0 aromatic heterocycles. The molecule has 1 fully saturated rings. The maximum atomic E-state index is 14.5. The van der Waals surface area contributed by atoms with Gasteiger partial charge in [0.1, 0.15) is 30.3 Å². The lowest BCUT2D eigenvalue weighted by atomic mass is 9.94. The van der Waals surface area contributed by atoms with Gasteiger partial charge in [-0.25, -0.2) is 9.59 Å². The van der Waals surface area contributed by atoms with Crippen LogP contribution in [0.15, 0.2) is 77.8 Å². The maximum absolute atomic E-state index is 14.5. The van der Waals surface area contributed by atoms with Crippen LogP contribution in [0.5, 0.6) is 0 Å². The van der Waals surface area contributed by atoms with Crippen molar-refractivity contribution in [2.45, 2.75) is 142 Å². The van der Waals surface area contributed by atoms with E-state index in [2.05, 4.69) is 52.3 Å². The second kappa shape index (κ2) is 25.9. The maximum Gasteiger partial charge on any atom is 0.408 e. The number of rotatable bonds is 20. The van der Waals surface area contributed by atoms with Crippen LogP contribution in [0.3, 0.4) is 0 Å². The Morgan fingerprint density at radius 1 is 0.862 bits per heavy atom. The molecule has 2 aromatic rings. The number of likely N-dealkylation sites (tertiary alicyclic amines) is 1. The third kappa shape index (κ3) is 18.6. The zero-order valence-electron chi connectivity index (χ0n) is 39.4. The average Bonchev–Trinajstić information content (AvgIpc) is 3.74. The fourth-order valence-electron chi connectivity index (χ4n) is 7.52. The largest absolute Gasteiger partial charge is 0.445 e. The molecule has 6 amide bonds. The second-order valence-corrected chi connectivity index (χ2v) is 20.0. The van der Waals surface area contributed by atoms with E-state index in [1.54, 1.807) is 39.5 Å². The summed E-state index contributed by atoms with van der Waals surface area (Å²) in [5.74, 6) is -2.50. The normalized spacial score (nSPS) is 18.2. The summed E-state index contributed by atoms with van der Waals surface area (Å²) < 4.78 is 10.8. The third-order valence-corrected chi connectivity index (χ3v) is 11.9. The summed E-state index contributed by atoms with van der Waals surface area (Å²) >= 11 is 1.45. The summed E-state index contributed by atoms with van der Waals surface area (Å²) in [4.78, 5) is 87.8. The molecule has 2 aromatic carbocycles. The number of hydrogen-bond acceptors (Lipinski definition) is 10. The number of alkyl carbamates (subject to hydrolysis) is 2. The Bertz CT molecular complexity index is 1940. The van der Waals surface area contributed by atoms with Crippen molar-refractivity contribution in [3.05, 3.63) is 83.9 Å². The first-order chi connectivity index (χ1) is 30.9. The van der Waals surface area contributed by atoms with E-state index in [-0.39, 0.29) is 42.6 Å². The number of nitrogens with zero attached hydrogens (tertiary/aromatic N) is 2. The first kappa shape index (κ1) is 52.2. The molecule has 16 heteroatoms. The van der Waals surface area contributed by atoms with Gasteiger partial charge < -0.3 is 41.0 Å². The number of ether oxygens (including phenoxy) is 2. The van der Waals surface area contributed by atoms with E-state index >= 15 is 0 Å². The number of thioether (sulfide) groups is 1. The first-order valence-corrected chi connectivity index (χ1v) is 23.9. The topological polar surface area (TPSA) is 197 Å². The van der Waals surface area contributed by atoms with Crippen LogP contribution in [0, 0.1) is 17.8 Å². The van der Waals surface area contributed by atoms with Gasteiger partial charge >= 0.3 is 12.2 Å². The van der Waals surface area contributed by atoms with Crippen LogP contribution in [-0.2, 0) is 41.7 Å². The Kier molecular flexibility index (Phi) is 20.8. The number of aliphatic imine (C=N–C) groups is 1. The van der Waals surface area contributed by atoms with Crippen molar-refractivity contribution in [2.75, 3.05) is 19.6 Å². The van der Waals surface area contributed by atoms with Crippen LogP contribution in [-0.4, -0.2) is 101 Å². The molecule has 0 spiro atoms. The monoisotopic (exact) mass is 918 g/mol. The van der Waals surface area contributed by atoms with E-state index in [0.29, 0.717) is 50.4 Å². The van der Waals surface area contributed by atoms with Crippen molar-refractivity contribution < 1.29 is 38.2 Å². The molecule has 15 nitrogen and oxygen atoms in total. The average molecular weight is 918 g/mol. The quantitative estimate of drug-likeness (QED) is 0.0713. The van der Waals surface area contributed by atoms with Crippen LogP contribution in [0.1, 0.15) is 105 Å². The van der Waals surface area contributed by atoms with Crippen LogP contribution >= 0.6 is 11.8 Å². The molecule has 356 valence electrons. The minimum absolute atomic E-state index is 0.111. The molecule has 1 saturated heterocycles. The molecule has 2 aliphatic rings. The van der Waals surface area contributed by atoms with E-state index in [4.69, 9.17) is 9.47 Å². The zero-order valence-corrected chi connectivity index (χ0v) is 40.2. The number of amidine groups is 1. The first-order valence-electron chi connectivity index (χ1n) is 23.0. The number of hydrogen-bond donors (Lipinski definition) is 5. The molecule has 5 N–H and O–H groups in total. The number of benzene rings is 2. The molecular formula is C49H71N7O8S. The molecular weight excluding hydrogens is 847 g/mol. The SMILES string of the molecule is CC(C)C[C@@H](/C=C/[C@H](Cc1ccccc1)C(=O)N1CCC[C@@H]1C(=O)N[C@H](C(=O)N[C@H](CCCNC(=O)OCc1ccccc1)C(=O)NC1=NCCC(C)S1)C(C)C)NC(=O)OC(C)(C)C. The molecule has 4 rings (SSSR count). The number of nitrogens with one attached hydrogen (secondary N) is 5. The Labute approximate surface area is 389 Å². The van der Waals surface area contributed by atoms with Gasteiger partial charge in [0, 0.05) is 24.9 Å². The zero-order chi connectivity index (χ0) is 47.5. The lowest BCUT2D eigenvalue weighted by molar-refractivity contribution is -0.141. The lowest BCUT2D eigenvalue weighted by Crippen LogP contribution is -2.58. The third-order valence-electron chi connectivity index (χ3n) is 10.8. The standard InChI is InChI=1S/C49H71N7O8S/c1-32(2)29-38(52-48(62)64-49(6,7)8)24-23-37(30-35-17-11-9-12-18-35)45(60)56-28-16-22-40(56)43(58)54-41(33(3)4)44(59)53-39(42(57)55-46-50-27-25-34(5)65-46)21-15-26-51-47(61)63-31-36-19-13-10-14-20-36/h9-14,17-20,23-24,32-34,37-41H,15-16,21-22,25-31H2,1-8H3,(H,51,61)(H,52,62)(H,53,59)(H,54,58)(H,50,55,57)/b24-23+/t34?,37-,38-,39-,40-,41+/m1/s1. The number of carbonyl (C=O) groups is 6. The highest BCUT2D eigenvalue weighted by Crippen LogP contribution is 2.25. The van der Waals surface area contributed by atoms with Crippen LogP contribution < -0.4 is 26.6 Å². The molecule has 1 unspecified atom stereocenters. The van der Waals surface area contributed by atoms with Gasteiger partial charge in [-0.1, -0.05) is 119 Å². The van der Waals surface area contributed by atoms with Crippen molar-refractivity contribution in [3.63, 3.8) is 0 Å². The minimum atomic E-state index is -1.03. The fraction of sp³-hybridized carbons (Fsp3) is 0.571. The molecule has 0 radical (unpaired) electrons. The van der Waals surface area contributed by atoms with Crippen molar-refractivity contribution in [2.24, 2.45) is 22.7 Å². The molecule has 2 heterocycles. The summed E-state index contributed by atoms with van der Waals surface area (Å²) in [7, 11) is 0. The van der Waals surface area contributed by atoms with Crippen LogP contribution in [0.2, 0.25) is 0 Å². The van der Waals surface area contributed by atoms with Crippen LogP contribution in [0.25, 0.3) is 0 Å². The summed E-state index contributed by atoms with van der Waals surface area (Å²) in [5, 5.41) is 15.1. The van der Waals surface area contributed by atoms with Crippen molar-refractivity contribution in [3.8, 4) is 0 Å². The molecule has 0 bridgehead atoms. The van der Waals surface area contributed by atoms with Gasteiger partial charge in [-0.3, -0.25) is 24.2 Å². The Hall–Kier alpha value is -5.38. The molecule has 0 saturated carbocycles. The summed E-state index contributed by atoms with van der Waals surface area (Å²) in [6, 6.07) is 15.7. The van der Waals surface area contributed by atoms with Crippen molar-refractivity contribution >= 4 is 52.7 Å². The van der Waals surface area contributed by atoms with Gasteiger partial charge in [-0.2, -0.15) is 0 Å². The van der Waals surface area contributed by atoms with E-state index in [9.17, 15) is 28.8 Å². The molecule has 65 heavy (non-hydrogen) atoms. The predicted octanol–water partition coefficient (Wildman–Crippen LogP) is 6.66. The van der Waals surface area contributed by atoms with E-state index in [1.165, 1.54) is 11.8 Å². The van der Waals surface area contributed by atoms with Gasteiger partial charge in [0.15, 0.2) is 5.17 Å².